The van der Waals surface area contributed by atoms with Crippen molar-refractivity contribution in [2.45, 2.75) is 43.5 Å². The van der Waals surface area contributed by atoms with Crippen LogP contribution in [0.3, 0.4) is 0 Å². The molecule has 1 N–H and O–H groups in total. The third kappa shape index (κ3) is 5.78. The number of hydrogen-bond acceptors (Lipinski definition) is 6. The molecular formula is C24H32N2O6S. The van der Waals surface area contributed by atoms with E-state index in [9.17, 15) is 13.2 Å². The SMILES string of the molecule is COc1ccc(OC)c([C@@H](C)NC(=O)CCc2cc(S(=O)(=O)N3CCCC3)ccc2OC)c1. The summed E-state index contributed by atoms with van der Waals surface area (Å²) in [6, 6.07) is 9.97. The molecule has 33 heavy (non-hydrogen) atoms. The molecule has 180 valence electrons. The van der Waals surface area contributed by atoms with Gasteiger partial charge in [0, 0.05) is 25.1 Å². The molecule has 2 aromatic carbocycles. The molecule has 0 aromatic heterocycles. The topological polar surface area (TPSA) is 94.2 Å². The van der Waals surface area contributed by atoms with E-state index in [1.54, 1.807) is 44.6 Å². The molecule has 1 fully saturated rings. The summed E-state index contributed by atoms with van der Waals surface area (Å²) in [5, 5.41) is 2.98. The first kappa shape index (κ1) is 24.9. The lowest BCUT2D eigenvalue weighted by Crippen LogP contribution is -2.28. The molecule has 8 nitrogen and oxygen atoms in total. The highest BCUT2D eigenvalue weighted by molar-refractivity contribution is 7.89. The molecule has 1 atom stereocenters. The summed E-state index contributed by atoms with van der Waals surface area (Å²) in [5.41, 5.74) is 1.49. The number of nitrogens with zero attached hydrogens (tertiary/aromatic N) is 1. The summed E-state index contributed by atoms with van der Waals surface area (Å²) in [6.07, 6.45) is 2.28. The Morgan fingerprint density at radius 2 is 1.67 bits per heavy atom. The van der Waals surface area contributed by atoms with Gasteiger partial charge in [-0.25, -0.2) is 8.42 Å². The number of benzene rings is 2. The molecule has 1 amide bonds. The molecule has 9 heteroatoms. The van der Waals surface area contributed by atoms with Crippen LogP contribution < -0.4 is 19.5 Å². The average molecular weight is 477 g/mol. The number of hydrogen-bond donors (Lipinski definition) is 1. The third-order valence-electron chi connectivity index (χ3n) is 5.86. The first-order valence-corrected chi connectivity index (χ1v) is 12.4. The Morgan fingerprint density at radius 3 is 2.30 bits per heavy atom. The lowest BCUT2D eigenvalue weighted by atomic mass is 10.1. The van der Waals surface area contributed by atoms with E-state index in [-0.39, 0.29) is 23.3 Å². The number of methoxy groups -OCH3 is 3. The fraction of sp³-hybridized carbons (Fsp3) is 0.458. The van der Waals surface area contributed by atoms with Gasteiger partial charge in [0.2, 0.25) is 15.9 Å². The van der Waals surface area contributed by atoms with Crippen molar-refractivity contribution in [1.82, 2.24) is 9.62 Å². The highest BCUT2D eigenvalue weighted by Gasteiger charge is 2.28. The zero-order chi connectivity index (χ0) is 24.0. The maximum absolute atomic E-state index is 12.9. The molecule has 1 heterocycles. The van der Waals surface area contributed by atoms with Crippen LogP contribution in [0.5, 0.6) is 17.2 Å². The number of carbonyl (C=O) groups excluding carboxylic acids is 1. The molecule has 0 unspecified atom stereocenters. The Labute approximate surface area is 195 Å². The molecule has 0 aliphatic carbocycles. The van der Waals surface area contributed by atoms with Crippen molar-refractivity contribution in [3.8, 4) is 17.2 Å². The molecular weight excluding hydrogens is 444 g/mol. The normalized spacial score (nSPS) is 15.2. The smallest absolute Gasteiger partial charge is 0.243 e. The number of ether oxygens (including phenoxy) is 3. The number of aryl methyl sites for hydroxylation is 1. The Balaban J connectivity index is 1.71. The van der Waals surface area contributed by atoms with Crippen LogP contribution >= 0.6 is 0 Å². The Bertz CT molecular complexity index is 1080. The van der Waals surface area contributed by atoms with Crippen LogP contribution in [0.25, 0.3) is 0 Å². The van der Waals surface area contributed by atoms with Gasteiger partial charge in [-0.2, -0.15) is 4.31 Å². The summed E-state index contributed by atoms with van der Waals surface area (Å²) in [7, 11) is 1.15. The van der Waals surface area contributed by atoms with E-state index in [0.29, 0.717) is 42.3 Å². The first-order valence-electron chi connectivity index (χ1n) is 11.0. The molecule has 0 radical (unpaired) electrons. The number of rotatable bonds is 10. The van der Waals surface area contributed by atoms with Gasteiger partial charge in [-0.05, 0) is 68.1 Å². The van der Waals surface area contributed by atoms with Crippen molar-refractivity contribution in [2.24, 2.45) is 0 Å². The molecule has 0 saturated carbocycles. The van der Waals surface area contributed by atoms with E-state index in [1.807, 2.05) is 13.0 Å². The van der Waals surface area contributed by atoms with E-state index in [4.69, 9.17) is 14.2 Å². The molecule has 2 aromatic rings. The van der Waals surface area contributed by atoms with E-state index >= 15 is 0 Å². The van der Waals surface area contributed by atoms with Crippen LogP contribution in [0.2, 0.25) is 0 Å². The van der Waals surface area contributed by atoms with Crippen LogP contribution in [0.4, 0.5) is 0 Å². The van der Waals surface area contributed by atoms with Gasteiger partial charge in [-0.3, -0.25) is 4.79 Å². The zero-order valence-electron chi connectivity index (χ0n) is 19.6. The summed E-state index contributed by atoms with van der Waals surface area (Å²) in [6.45, 7) is 2.95. The third-order valence-corrected chi connectivity index (χ3v) is 7.75. The Kier molecular flexibility index (Phi) is 8.20. The van der Waals surface area contributed by atoms with Crippen molar-refractivity contribution in [1.29, 1.82) is 0 Å². The second-order valence-electron chi connectivity index (χ2n) is 7.98. The molecule has 1 aliphatic heterocycles. The van der Waals surface area contributed by atoms with Crippen LogP contribution in [-0.2, 0) is 21.2 Å². The number of amides is 1. The van der Waals surface area contributed by atoms with Crippen molar-refractivity contribution >= 4 is 15.9 Å². The minimum absolute atomic E-state index is 0.165. The van der Waals surface area contributed by atoms with E-state index < -0.39 is 10.0 Å². The Morgan fingerprint density at radius 1 is 1.00 bits per heavy atom. The Hall–Kier alpha value is -2.78. The summed E-state index contributed by atoms with van der Waals surface area (Å²) in [4.78, 5) is 12.9. The molecule has 1 aliphatic rings. The molecule has 1 saturated heterocycles. The molecule has 0 spiro atoms. The van der Waals surface area contributed by atoms with Gasteiger partial charge in [0.15, 0.2) is 0 Å². The largest absolute Gasteiger partial charge is 0.497 e. The van der Waals surface area contributed by atoms with Crippen molar-refractivity contribution in [3.63, 3.8) is 0 Å². The number of carbonyl (C=O) groups is 1. The van der Waals surface area contributed by atoms with Gasteiger partial charge >= 0.3 is 0 Å². The zero-order valence-corrected chi connectivity index (χ0v) is 20.4. The van der Waals surface area contributed by atoms with E-state index in [0.717, 1.165) is 18.4 Å². The van der Waals surface area contributed by atoms with Crippen molar-refractivity contribution < 1.29 is 27.4 Å². The monoisotopic (exact) mass is 476 g/mol. The average Bonchev–Trinajstić information content (AvgIpc) is 3.38. The summed E-state index contributed by atoms with van der Waals surface area (Å²) < 4.78 is 43.5. The highest BCUT2D eigenvalue weighted by atomic mass is 32.2. The number of sulfonamides is 1. The van der Waals surface area contributed by atoms with E-state index in [1.165, 1.54) is 11.4 Å². The second-order valence-corrected chi connectivity index (χ2v) is 9.92. The van der Waals surface area contributed by atoms with Gasteiger partial charge in [-0.1, -0.05) is 0 Å². The minimum Gasteiger partial charge on any atom is -0.497 e. The quantitative estimate of drug-likeness (QED) is 0.566. The summed E-state index contributed by atoms with van der Waals surface area (Å²) >= 11 is 0. The van der Waals surface area contributed by atoms with E-state index in [2.05, 4.69) is 5.32 Å². The fourth-order valence-electron chi connectivity index (χ4n) is 4.01. The van der Waals surface area contributed by atoms with Gasteiger partial charge in [-0.15, -0.1) is 0 Å². The summed E-state index contributed by atoms with van der Waals surface area (Å²) in [5.74, 6) is 1.73. The van der Waals surface area contributed by atoms with Crippen LogP contribution in [0.15, 0.2) is 41.3 Å². The maximum Gasteiger partial charge on any atom is 0.243 e. The predicted octanol–water partition coefficient (Wildman–Crippen LogP) is 3.31. The minimum atomic E-state index is -3.54. The van der Waals surface area contributed by atoms with Gasteiger partial charge < -0.3 is 19.5 Å². The van der Waals surface area contributed by atoms with Crippen molar-refractivity contribution in [3.05, 3.63) is 47.5 Å². The number of nitrogens with one attached hydrogen (secondary N) is 1. The standard InChI is InChI=1S/C24H32N2O6S/c1-17(21-16-19(30-2)8-10-23(21)32-4)25-24(27)12-7-18-15-20(9-11-22(18)31-3)33(28,29)26-13-5-6-14-26/h8-11,15-17H,5-7,12-14H2,1-4H3,(H,25,27)/t17-/m1/s1. The highest BCUT2D eigenvalue weighted by Crippen LogP contribution is 2.30. The van der Waals surface area contributed by atoms with Crippen LogP contribution in [-0.4, -0.2) is 53.0 Å². The van der Waals surface area contributed by atoms with Gasteiger partial charge in [0.05, 0.1) is 32.3 Å². The first-order chi connectivity index (χ1) is 15.8. The second kappa shape index (κ2) is 10.9. The molecule has 3 rings (SSSR count). The lowest BCUT2D eigenvalue weighted by molar-refractivity contribution is -0.121. The predicted molar refractivity (Wildman–Crippen MR) is 125 cm³/mol. The van der Waals surface area contributed by atoms with Crippen LogP contribution in [0, 0.1) is 0 Å². The molecule has 0 bridgehead atoms. The maximum atomic E-state index is 12.9. The van der Waals surface area contributed by atoms with Gasteiger partial charge in [0.25, 0.3) is 0 Å². The van der Waals surface area contributed by atoms with Crippen LogP contribution in [0.1, 0.15) is 43.4 Å². The van der Waals surface area contributed by atoms with Gasteiger partial charge in [0.1, 0.15) is 17.2 Å². The fourth-order valence-corrected chi connectivity index (χ4v) is 5.57. The van der Waals surface area contributed by atoms with Crippen molar-refractivity contribution in [2.75, 3.05) is 34.4 Å². The lowest BCUT2D eigenvalue weighted by Gasteiger charge is -2.19.